The molecule has 6 nitrogen and oxygen atoms in total. The Hall–Kier alpha value is -2.32. The second kappa shape index (κ2) is 8.81. The third-order valence-corrected chi connectivity index (χ3v) is 7.40. The first-order valence-electron chi connectivity index (χ1n) is 10.1. The molecule has 30 heavy (non-hydrogen) atoms. The first-order valence-corrected chi connectivity index (χ1v) is 12.0. The average Bonchev–Trinajstić information content (AvgIpc) is 3.38. The highest BCUT2D eigenvalue weighted by Crippen LogP contribution is 2.32. The Morgan fingerprint density at radius 3 is 2.83 bits per heavy atom. The lowest BCUT2D eigenvalue weighted by molar-refractivity contribution is -0.134. The van der Waals surface area contributed by atoms with E-state index in [1.54, 1.807) is 23.0 Å². The van der Waals surface area contributed by atoms with E-state index in [-0.39, 0.29) is 29.3 Å². The Morgan fingerprint density at radius 1 is 1.40 bits per heavy atom. The number of allylic oxidation sites excluding steroid dienone is 1. The monoisotopic (exact) mass is 443 g/mol. The van der Waals surface area contributed by atoms with Crippen LogP contribution in [0.2, 0.25) is 0 Å². The van der Waals surface area contributed by atoms with Crippen molar-refractivity contribution in [1.82, 2.24) is 14.5 Å². The predicted molar refractivity (Wildman–Crippen MR) is 122 cm³/mol. The van der Waals surface area contributed by atoms with Crippen molar-refractivity contribution in [2.75, 3.05) is 5.75 Å². The summed E-state index contributed by atoms with van der Waals surface area (Å²) in [6.07, 6.45) is 6.50. The third kappa shape index (κ3) is 3.86. The molecule has 1 amide bonds. The van der Waals surface area contributed by atoms with Crippen LogP contribution in [0.3, 0.4) is 0 Å². The Morgan fingerprint density at radius 2 is 2.17 bits per heavy atom. The number of fused-ring (bicyclic) bond motifs is 1. The van der Waals surface area contributed by atoms with Gasteiger partial charge in [0, 0.05) is 29.6 Å². The highest BCUT2D eigenvalue weighted by molar-refractivity contribution is 7.99. The van der Waals surface area contributed by atoms with Gasteiger partial charge in [-0.25, -0.2) is 4.98 Å². The van der Waals surface area contributed by atoms with Crippen LogP contribution in [0.5, 0.6) is 0 Å². The Bertz CT molecular complexity index is 1110. The normalized spacial score (nSPS) is 19.3. The summed E-state index contributed by atoms with van der Waals surface area (Å²) in [5.41, 5.74) is 0.612. The number of rotatable bonds is 6. The van der Waals surface area contributed by atoms with Crippen molar-refractivity contribution in [3.63, 3.8) is 0 Å². The van der Waals surface area contributed by atoms with Gasteiger partial charge in [-0.3, -0.25) is 14.2 Å². The number of thioether (sulfide) groups is 1. The lowest BCUT2D eigenvalue weighted by Crippen LogP contribution is -2.48. The zero-order valence-corrected chi connectivity index (χ0v) is 18.8. The van der Waals surface area contributed by atoms with Gasteiger partial charge in [0.2, 0.25) is 5.91 Å². The number of hydrogen-bond donors (Lipinski definition) is 0. The first-order chi connectivity index (χ1) is 14.5. The van der Waals surface area contributed by atoms with Crippen LogP contribution in [-0.4, -0.2) is 38.2 Å². The van der Waals surface area contributed by atoms with Gasteiger partial charge in [-0.2, -0.15) is 0 Å². The number of thiophene rings is 1. The largest absolute Gasteiger partial charge is 0.464 e. The highest BCUT2D eigenvalue weighted by Gasteiger charge is 2.29. The minimum absolute atomic E-state index is 0.0988. The molecule has 158 valence electrons. The van der Waals surface area contributed by atoms with Gasteiger partial charge in [-0.15, -0.1) is 17.9 Å². The molecular weight excluding hydrogens is 418 g/mol. The minimum atomic E-state index is -0.137. The molecule has 0 aliphatic carbocycles. The van der Waals surface area contributed by atoms with Gasteiger partial charge < -0.3 is 9.32 Å². The fourth-order valence-electron chi connectivity index (χ4n) is 4.13. The van der Waals surface area contributed by atoms with Crippen LogP contribution in [0.15, 0.2) is 50.8 Å². The molecule has 0 bridgehead atoms. The number of aromatic nitrogens is 2. The summed E-state index contributed by atoms with van der Waals surface area (Å²) in [5.74, 6) is 1.01. The molecule has 3 aromatic rings. The molecule has 4 heterocycles. The molecule has 3 aromatic heterocycles. The maximum Gasteiger partial charge on any atom is 0.263 e. The van der Waals surface area contributed by atoms with Crippen LogP contribution >= 0.6 is 23.1 Å². The average molecular weight is 444 g/mol. The number of likely N-dealkylation sites (tertiary alicyclic amines) is 1. The zero-order chi connectivity index (χ0) is 21.3. The number of hydrogen-bond acceptors (Lipinski definition) is 6. The fourth-order valence-corrected chi connectivity index (χ4v) is 5.98. The molecule has 1 aliphatic rings. The van der Waals surface area contributed by atoms with Gasteiger partial charge >= 0.3 is 0 Å². The van der Waals surface area contributed by atoms with E-state index in [1.807, 2.05) is 16.3 Å². The quantitative estimate of drug-likeness (QED) is 0.311. The van der Waals surface area contributed by atoms with Crippen molar-refractivity contribution < 1.29 is 9.21 Å². The van der Waals surface area contributed by atoms with Crippen molar-refractivity contribution >= 4 is 39.2 Å². The molecule has 1 saturated heterocycles. The molecule has 0 unspecified atom stereocenters. The lowest BCUT2D eigenvalue weighted by Gasteiger charge is -2.39. The summed E-state index contributed by atoms with van der Waals surface area (Å²) in [4.78, 5) is 33.6. The number of carbonyl (C=O) groups is 1. The Kier molecular flexibility index (Phi) is 6.15. The molecule has 0 N–H and O–H groups in total. The van der Waals surface area contributed by atoms with Gasteiger partial charge in [0.05, 0.1) is 17.4 Å². The van der Waals surface area contributed by atoms with Crippen LogP contribution in [-0.2, 0) is 11.3 Å². The summed E-state index contributed by atoms with van der Waals surface area (Å²) >= 11 is 2.74. The van der Waals surface area contributed by atoms with E-state index in [9.17, 15) is 9.59 Å². The number of piperidine rings is 1. The molecule has 2 atom stereocenters. The molecule has 4 rings (SSSR count). The van der Waals surface area contributed by atoms with Crippen LogP contribution in [0.1, 0.15) is 33.1 Å². The van der Waals surface area contributed by atoms with E-state index < -0.39 is 0 Å². The van der Waals surface area contributed by atoms with E-state index in [0.29, 0.717) is 27.7 Å². The zero-order valence-electron chi connectivity index (χ0n) is 17.2. The van der Waals surface area contributed by atoms with Crippen molar-refractivity contribution in [2.24, 2.45) is 0 Å². The molecule has 0 saturated carbocycles. The third-order valence-electron chi connectivity index (χ3n) is 5.56. The van der Waals surface area contributed by atoms with Gasteiger partial charge in [0.15, 0.2) is 5.16 Å². The topological polar surface area (TPSA) is 68.3 Å². The van der Waals surface area contributed by atoms with Gasteiger partial charge in [0.25, 0.3) is 5.56 Å². The molecule has 0 aromatic carbocycles. The summed E-state index contributed by atoms with van der Waals surface area (Å²) in [7, 11) is 0. The van der Waals surface area contributed by atoms with Crippen molar-refractivity contribution in [1.29, 1.82) is 0 Å². The summed E-state index contributed by atoms with van der Waals surface area (Å²) in [6, 6.07) is 4.13. The SMILES string of the molecule is C=CCn1c(SCC(=O)N2[C@@H](C)CCC[C@@H]2C)nc2scc(-c3ccco3)c2c1=O. The van der Waals surface area contributed by atoms with E-state index in [0.717, 1.165) is 24.8 Å². The Labute approximate surface area is 183 Å². The van der Waals surface area contributed by atoms with Crippen LogP contribution in [0.25, 0.3) is 21.5 Å². The standard InChI is InChI=1S/C22H25N3O3S2/c1-4-10-24-21(27)19-16(17-9-6-11-28-17)12-29-20(19)23-22(24)30-13-18(26)25-14(2)7-5-8-15(25)3/h4,6,9,11-12,14-15H,1,5,7-8,10,13H2,2-3H3/t14-,15-/m0/s1. The smallest absolute Gasteiger partial charge is 0.263 e. The molecule has 1 aliphatic heterocycles. The van der Waals surface area contributed by atoms with E-state index in [1.165, 1.54) is 23.1 Å². The predicted octanol–water partition coefficient (Wildman–Crippen LogP) is 4.79. The molecule has 0 spiro atoms. The fraction of sp³-hybridized carbons (Fsp3) is 0.409. The minimum Gasteiger partial charge on any atom is -0.464 e. The second-order valence-electron chi connectivity index (χ2n) is 7.62. The second-order valence-corrected chi connectivity index (χ2v) is 9.42. The van der Waals surface area contributed by atoms with Crippen LogP contribution in [0.4, 0.5) is 0 Å². The van der Waals surface area contributed by atoms with Gasteiger partial charge in [-0.1, -0.05) is 17.8 Å². The van der Waals surface area contributed by atoms with Crippen LogP contribution in [0, 0.1) is 0 Å². The summed E-state index contributed by atoms with van der Waals surface area (Å²) in [6.45, 7) is 8.33. The maximum absolute atomic E-state index is 13.3. The highest BCUT2D eigenvalue weighted by atomic mass is 32.2. The Balaban J connectivity index is 1.65. The van der Waals surface area contributed by atoms with Crippen molar-refractivity contribution in [3.8, 4) is 11.3 Å². The summed E-state index contributed by atoms with van der Waals surface area (Å²) in [5, 5.41) is 2.99. The number of amides is 1. The number of furan rings is 1. The lowest BCUT2D eigenvalue weighted by atomic mass is 9.98. The number of nitrogens with zero attached hydrogens (tertiary/aromatic N) is 3. The van der Waals surface area contributed by atoms with E-state index in [2.05, 4.69) is 20.4 Å². The van der Waals surface area contributed by atoms with Crippen molar-refractivity contribution in [3.05, 3.63) is 46.8 Å². The molecule has 8 heteroatoms. The van der Waals surface area contributed by atoms with Crippen molar-refractivity contribution in [2.45, 2.75) is 56.9 Å². The molecular formula is C22H25N3O3S2. The summed E-state index contributed by atoms with van der Waals surface area (Å²) < 4.78 is 7.09. The molecule has 0 radical (unpaired) electrons. The number of carbonyl (C=O) groups excluding carboxylic acids is 1. The van der Waals surface area contributed by atoms with Gasteiger partial charge in [0.1, 0.15) is 10.6 Å². The first kappa shape index (κ1) is 20.9. The van der Waals surface area contributed by atoms with E-state index >= 15 is 0 Å². The van der Waals surface area contributed by atoms with Gasteiger partial charge in [-0.05, 0) is 45.2 Å². The molecule has 1 fully saturated rings. The van der Waals surface area contributed by atoms with E-state index in [4.69, 9.17) is 9.40 Å². The van der Waals surface area contributed by atoms with Crippen LogP contribution < -0.4 is 5.56 Å². The maximum atomic E-state index is 13.3.